The Morgan fingerprint density at radius 2 is 1.86 bits per heavy atom. The SMILES string of the molecule is Cc1cc2cc(CN(CC3CCCO3)C(c3nnnn3C3CCCCC3)C(C)C)c(=O)[nH]c2cc1C. The second-order valence-electron chi connectivity index (χ2n) is 11.2. The predicted octanol–water partition coefficient (Wildman–Crippen LogP) is 5.01. The minimum Gasteiger partial charge on any atom is -0.377 e. The quantitative estimate of drug-likeness (QED) is 0.475. The fourth-order valence-electron chi connectivity index (χ4n) is 6.05. The summed E-state index contributed by atoms with van der Waals surface area (Å²) in [5, 5.41) is 14.3. The molecule has 2 atom stereocenters. The summed E-state index contributed by atoms with van der Waals surface area (Å²) in [6, 6.07) is 6.63. The first-order valence-corrected chi connectivity index (χ1v) is 13.7. The van der Waals surface area contributed by atoms with Crippen molar-refractivity contribution in [1.82, 2.24) is 30.1 Å². The van der Waals surface area contributed by atoms with Crippen molar-refractivity contribution in [3.8, 4) is 0 Å². The summed E-state index contributed by atoms with van der Waals surface area (Å²) in [5.74, 6) is 1.18. The number of tetrazole rings is 1. The van der Waals surface area contributed by atoms with Crippen molar-refractivity contribution in [3.63, 3.8) is 0 Å². The molecule has 8 nitrogen and oxygen atoms in total. The van der Waals surface area contributed by atoms with Gasteiger partial charge >= 0.3 is 0 Å². The van der Waals surface area contributed by atoms with E-state index < -0.39 is 0 Å². The van der Waals surface area contributed by atoms with Crippen molar-refractivity contribution in [1.29, 1.82) is 0 Å². The van der Waals surface area contributed by atoms with E-state index in [-0.39, 0.29) is 23.6 Å². The van der Waals surface area contributed by atoms with E-state index in [9.17, 15) is 4.79 Å². The molecule has 0 radical (unpaired) electrons. The van der Waals surface area contributed by atoms with Crippen molar-refractivity contribution >= 4 is 10.9 Å². The summed E-state index contributed by atoms with van der Waals surface area (Å²) in [6.45, 7) is 10.7. The number of nitrogens with zero attached hydrogens (tertiary/aromatic N) is 5. The number of aromatic amines is 1. The average molecular weight is 493 g/mol. The number of ether oxygens (including phenoxy) is 1. The molecule has 36 heavy (non-hydrogen) atoms. The van der Waals surface area contributed by atoms with Gasteiger partial charge in [0.1, 0.15) is 0 Å². The maximum Gasteiger partial charge on any atom is 0.252 e. The lowest BCUT2D eigenvalue weighted by atomic mass is 9.94. The molecule has 0 amide bonds. The highest BCUT2D eigenvalue weighted by atomic mass is 16.5. The number of rotatable bonds is 8. The fourth-order valence-corrected chi connectivity index (χ4v) is 6.05. The summed E-state index contributed by atoms with van der Waals surface area (Å²) < 4.78 is 8.14. The Balaban J connectivity index is 1.52. The van der Waals surface area contributed by atoms with Crippen LogP contribution in [0.3, 0.4) is 0 Å². The van der Waals surface area contributed by atoms with Crippen LogP contribution in [0.5, 0.6) is 0 Å². The van der Waals surface area contributed by atoms with Crippen LogP contribution in [0.25, 0.3) is 10.9 Å². The van der Waals surface area contributed by atoms with Gasteiger partial charge in [-0.1, -0.05) is 33.1 Å². The number of hydrogen-bond donors (Lipinski definition) is 1. The maximum atomic E-state index is 13.2. The monoisotopic (exact) mass is 492 g/mol. The van der Waals surface area contributed by atoms with E-state index in [0.717, 1.165) is 61.1 Å². The summed E-state index contributed by atoms with van der Waals surface area (Å²) in [5.41, 5.74) is 4.03. The van der Waals surface area contributed by atoms with Gasteiger partial charge in [-0.15, -0.1) is 5.10 Å². The highest BCUT2D eigenvalue weighted by Crippen LogP contribution is 2.34. The van der Waals surface area contributed by atoms with Gasteiger partial charge < -0.3 is 9.72 Å². The van der Waals surface area contributed by atoms with Gasteiger partial charge in [0, 0.05) is 30.8 Å². The Kier molecular flexibility index (Phi) is 7.53. The van der Waals surface area contributed by atoms with Gasteiger partial charge in [-0.2, -0.15) is 0 Å². The minimum absolute atomic E-state index is 0.0130. The van der Waals surface area contributed by atoms with Crippen LogP contribution in [-0.2, 0) is 11.3 Å². The van der Waals surface area contributed by atoms with E-state index in [1.54, 1.807) is 0 Å². The van der Waals surface area contributed by atoms with E-state index >= 15 is 0 Å². The van der Waals surface area contributed by atoms with Crippen LogP contribution >= 0.6 is 0 Å². The molecular weight excluding hydrogens is 452 g/mol. The molecule has 0 bridgehead atoms. The third kappa shape index (κ3) is 5.25. The van der Waals surface area contributed by atoms with Gasteiger partial charge in [-0.25, -0.2) is 4.68 Å². The van der Waals surface area contributed by atoms with Gasteiger partial charge in [-0.3, -0.25) is 9.69 Å². The highest BCUT2D eigenvalue weighted by molar-refractivity contribution is 5.80. The predicted molar refractivity (Wildman–Crippen MR) is 141 cm³/mol. The van der Waals surface area contributed by atoms with Crippen LogP contribution in [0.1, 0.15) is 93.4 Å². The number of pyridine rings is 1. The molecule has 0 spiro atoms. The normalized spacial score (nSPS) is 20.1. The summed E-state index contributed by atoms with van der Waals surface area (Å²) in [6.07, 6.45) is 8.27. The number of aromatic nitrogens is 5. The molecule has 3 heterocycles. The van der Waals surface area contributed by atoms with Crippen molar-refractivity contribution < 1.29 is 4.74 Å². The van der Waals surface area contributed by atoms with Crippen LogP contribution in [-0.4, -0.2) is 49.3 Å². The first-order chi connectivity index (χ1) is 17.4. The van der Waals surface area contributed by atoms with Gasteiger partial charge in [-0.05, 0) is 90.6 Å². The smallest absolute Gasteiger partial charge is 0.252 e. The fraction of sp³-hybridized carbons (Fsp3) is 0.643. The Bertz CT molecular complexity index is 1240. The summed E-state index contributed by atoms with van der Waals surface area (Å²) >= 11 is 0. The molecule has 1 N–H and O–H groups in total. The third-order valence-electron chi connectivity index (χ3n) is 8.10. The molecule has 8 heteroatoms. The van der Waals surface area contributed by atoms with Gasteiger partial charge in [0.15, 0.2) is 5.82 Å². The molecule has 2 aromatic heterocycles. The lowest BCUT2D eigenvalue weighted by Gasteiger charge is -2.36. The number of fused-ring (bicyclic) bond motifs is 1. The third-order valence-corrected chi connectivity index (χ3v) is 8.10. The second-order valence-corrected chi connectivity index (χ2v) is 11.2. The molecule has 1 aliphatic heterocycles. The van der Waals surface area contributed by atoms with E-state index in [2.05, 4.69) is 76.0 Å². The minimum atomic E-state index is -0.0301. The Morgan fingerprint density at radius 3 is 2.58 bits per heavy atom. The van der Waals surface area contributed by atoms with Crippen LogP contribution in [0, 0.1) is 19.8 Å². The summed E-state index contributed by atoms with van der Waals surface area (Å²) in [7, 11) is 0. The number of benzene rings is 1. The molecule has 1 aliphatic carbocycles. The molecule has 194 valence electrons. The molecule has 2 unspecified atom stereocenters. The van der Waals surface area contributed by atoms with Gasteiger partial charge in [0.2, 0.25) is 0 Å². The Morgan fingerprint density at radius 1 is 1.08 bits per heavy atom. The van der Waals surface area contributed by atoms with Crippen LogP contribution in [0.4, 0.5) is 0 Å². The summed E-state index contributed by atoms with van der Waals surface area (Å²) in [4.78, 5) is 18.8. The molecule has 5 rings (SSSR count). The molecular formula is C28H40N6O2. The van der Waals surface area contributed by atoms with E-state index in [1.807, 2.05) is 0 Å². The largest absolute Gasteiger partial charge is 0.377 e. The topological polar surface area (TPSA) is 88.9 Å². The standard InChI is InChI=1S/C28H40N6O2/c1-18(2)26(27-30-31-32-34(27)23-9-6-5-7-10-23)33(17-24-11-8-12-36-24)16-22-15-21-13-19(3)20(4)14-25(21)29-28(22)35/h13-15,18,23-24,26H,5-12,16-17H2,1-4H3,(H,29,35). The lowest BCUT2D eigenvalue weighted by Crippen LogP contribution is -2.40. The van der Waals surface area contributed by atoms with Crippen molar-refractivity contribution in [2.75, 3.05) is 13.2 Å². The molecule has 1 saturated heterocycles. The van der Waals surface area contributed by atoms with Crippen molar-refractivity contribution in [3.05, 3.63) is 51.1 Å². The van der Waals surface area contributed by atoms with Crippen LogP contribution in [0.15, 0.2) is 23.0 Å². The highest BCUT2D eigenvalue weighted by Gasteiger charge is 2.34. The van der Waals surface area contributed by atoms with E-state index in [0.29, 0.717) is 12.6 Å². The Hall–Kier alpha value is -2.58. The van der Waals surface area contributed by atoms with E-state index in [4.69, 9.17) is 4.74 Å². The van der Waals surface area contributed by atoms with E-state index in [1.165, 1.54) is 30.4 Å². The zero-order chi connectivity index (χ0) is 25.2. The second kappa shape index (κ2) is 10.8. The van der Waals surface area contributed by atoms with Crippen molar-refractivity contribution in [2.45, 2.75) is 97.4 Å². The lowest BCUT2D eigenvalue weighted by molar-refractivity contribution is 0.0375. The van der Waals surface area contributed by atoms with Crippen molar-refractivity contribution in [2.24, 2.45) is 5.92 Å². The van der Waals surface area contributed by atoms with Crippen LogP contribution < -0.4 is 5.56 Å². The maximum absolute atomic E-state index is 13.2. The van der Waals surface area contributed by atoms with Crippen LogP contribution in [0.2, 0.25) is 0 Å². The van der Waals surface area contributed by atoms with Gasteiger partial charge in [0.25, 0.3) is 5.56 Å². The number of H-pyrrole nitrogens is 1. The Labute approximate surface area is 213 Å². The first-order valence-electron chi connectivity index (χ1n) is 13.7. The first kappa shape index (κ1) is 25.1. The molecule has 2 fully saturated rings. The zero-order valence-corrected chi connectivity index (χ0v) is 22.2. The number of hydrogen-bond acceptors (Lipinski definition) is 6. The molecule has 3 aromatic rings. The molecule has 1 aromatic carbocycles. The van der Waals surface area contributed by atoms with Gasteiger partial charge in [0.05, 0.1) is 18.2 Å². The molecule has 2 aliphatic rings. The average Bonchev–Trinajstić information content (AvgIpc) is 3.54. The zero-order valence-electron chi connectivity index (χ0n) is 22.2. The molecule has 1 saturated carbocycles. The number of nitrogens with one attached hydrogen (secondary N) is 1. The number of aryl methyl sites for hydroxylation is 2.